The van der Waals surface area contributed by atoms with Crippen molar-refractivity contribution in [2.24, 2.45) is 5.41 Å². The molecule has 0 aliphatic carbocycles. The summed E-state index contributed by atoms with van der Waals surface area (Å²) in [5.41, 5.74) is 2.75. The first-order chi connectivity index (χ1) is 15.9. The molecule has 0 saturated carbocycles. The van der Waals surface area contributed by atoms with Gasteiger partial charge in [0.05, 0.1) is 5.41 Å². The van der Waals surface area contributed by atoms with Crippen LogP contribution in [-0.2, 0) is 11.2 Å². The first-order valence-corrected chi connectivity index (χ1v) is 11.2. The van der Waals surface area contributed by atoms with Gasteiger partial charge in [-0.2, -0.15) is 0 Å². The Kier molecular flexibility index (Phi) is 6.54. The fraction of sp³-hybridized carbons (Fsp3) is 0.296. The van der Waals surface area contributed by atoms with E-state index in [4.69, 9.17) is 0 Å². The van der Waals surface area contributed by atoms with Crippen molar-refractivity contribution in [1.82, 2.24) is 15.2 Å². The monoisotopic (exact) mass is 445 g/mol. The number of aromatic nitrogens is 1. The topological polar surface area (TPSA) is 62.3 Å². The molecule has 5 nitrogen and oxygen atoms in total. The number of hydrogen-bond donors (Lipinski definition) is 1. The molecule has 2 heterocycles. The third kappa shape index (κ3) is 5.11. The van der Waals surface area contributed by atoms with Gasteiger partial charge in [0.1, 0.15) is 5.82 Å². The maximum Gasteiger partial charge on any atom is 0.253 e. The Bertz CT molecular complexity index is 1130. The number of carbonyl (C=O) groups is 2. The van der Waals surface area contributed by atoms with Gasteiger partial charge in [0.15, 0.2) is 0 Å². The van der Waals surface area contributed by atoms with E-state index in [2.05, 4.69) is 10.3 Å². The van der Waals surface area contributed by atoms with E-state index in [1.165, 1.54) is 12.1 Å². The minimum absolute atomic E-state index is 0.00451. The van der Waals surface area contributed by atoms with E-state index in [1.54, 1.807) is 41.6 Å². The quantitative estimate of drug-likeness (QED) is 0.608. The Morgan fingerprint density at radius 2 is 1.79 bits per heavy atom. The average molecular weight is 446 g/mol. The second-order valence-electron chi connectivity index (χ2n) is 9.01. The number of hydrogen-bond acceptors (Lipinski definition) is 3. The lowest BCUT2D eigenvalue weighted by atomic mass is 9.79. The summed E-state index contributed by atoms with van der Waals surface area (Å²) in [6.07, 6.45) is 4.30. The van der Waals surface area contributed by atoms with Gasteiger partial charge in [0.25, 0.3) is 5.91 Å². The maximum atomic E-state index is 13.4. The fourth-order valence-electron chi connectivity index (χ4n) is 4.44. The highest BCUT2D eigenvalue weighted by Gasteiger charge is 2.46. The Morgan fingerprint density at radius 1 is 1.06 bits per heavy atom. The first-order valence-electron chi connectivity index (χ1n) is 11.2. The van der Waals surface area contributed by atoms with Gasteiger partial charge < -0.3 is 10.2 Å². The van der Waals surface area contributed by atoms with Crippen LogP contribution in [0.2, 0.25) is 0 Å². The maximum absolute atomic E-state index is 13.4. The molecule has 33 heavy (non-hydrogen) atoms. The molecule has 2 amide bonds. The van der Waals surface area contributed by atoms with Crippen molar-refractivity contribution in [3.05, 3.63) is 90.0 Å². The van der Waals surface area contributed by atoms with Crippen molar-refractivity contribution in [3.63, 3.8) is 0 Å². The zero-order chi connectivity index (χ0) is 23.4. The van der Waals surface area contributed by atoms with Crippen LogP contribution in [0.15, 0.2) is 73.1 Å². The fourth-order valence-corrected chi connectivity index (χ4v) is 4.44. The molecule has 1 aliphatic heterocycles. The van der Waals surface area contributed by atoms with Gasteiger partial charge >= 0.3 is 0 Å². The van der Waals surface area contributed by atoms with Crippen LogP contribution >= 0.6 is 0 Å². The summed E-state index contributed by atoms with van der Waals surface area (Å²) in [4.78, 5) is 32.2. The molecule has 2 aromatic carbocycles. The van der Waals surface area contributed by atoms with Crippen LogP contribution < -0.4 is 5.32 Å². The van der Waals surface area contributed by atoms with Gasteiger partial charge in [-0.25, -0.2) is 4.39 Å². The summed E-state index contributed by atoms with van der Waals surface area (Å²) < 4.78 is 13.3. The van der Waals surface area contributed by atoms with E-state index in [-0.39, 0.29) is 23.7 Å². The summed E-state index contributed by atoms with van der Waals surface area (Å²) >= 11 is 0. The molecule has 3 aromatic rings. The van der Waals surface area contributed by atoms with Crippen molar-refractivity contribution < 1.29 is 14.0 Å². The molecule has 1 fully saturated rings. The van der Waals surface area contributed by atoms with Crippen molar-refractivity contribution in [2.45, 2.75) is 32.7 Å². The van der Waals surface area contributed by atoms with Crippen LogP contribution in [0, 0.1) is 11.2 Å². The van der Waals surface area contributed by atoms with Crippen LogP contribution in [0.1, 0.15) is 36.2 Å². The molecular formula is C27H28FN3O2. The number of amides is 2. The summed E-state index contributed by atoms with van der Waals surface area (Å²) in [6.45, 7) is 4.75. The molecule has 1 atom stereocenters. The van der Waals surface area contributed by atoms with Crippen molar-refractivity contribution in [1.29, 1.82) is 0 Å². The lowest BCUT2D eigenvalue weighted by Crippen LogP contribution is -2.47. The third-order valence-corrected chi connectivity index (χ3v) is 6.12. The molecular weight excluding hydrogens is 417 g/mol. The number of pyridine rings is 1. The predicted octanol–water partition coefficient (Wildman–Crippen LogP) is 4.49. The highest BCUT2D eigenvalue weighted by molar-refractivity contribution is 5.95. The highest BCUT2D eigenvalue weighted by Crippen LogP contribution is 2.36. The Hall–Kier alpha value is -3.54. The van der Waals surface area contributed by atoms with Crippen LogP contribution in [0.25, 0.3) is 11.1 Å². The molecule has 0 radical (unpaired) electrons. The highest BCUT2D eigenvalue weighted by atomic mass is 19.1. The minimum Gasteiger partial charge on any atom is -0.353 e. The van der Waals surface area contributed by atoms with Crippen LogP contribution in [0.4, 0.5) is 4.39 Å². The van der Waals surface area contributed by atoms with Crippen molar-refractivity contribution >= 4 is 11.8 Å². The largest absolute Gasteiger partial charge is 0.353 e. The number of nitrogens with zero attached hydrogens (tertiary/aromatic N) is 2. The van der Waals surface area contributed by atoms with Gasteiger partial charge in [-0.15, -0.1) is 0 Å². The number of nitrogens with one attached hydrogen (secondary N) is 1. The number of rotatable bonds is 6. The molecule has 0 spiro atoms. The molecule has 0 bridgehead atoms. The van der Waals surface area contributed by atoms with E-state index in [0.717, 1.165) is 16.7 Å². The Labute approximate surface area is 193 Å². The summed E-state index contributed by atoms with van der Waals surface area (Å²) in [6, 6.07) is 17.8. The van der Waals surface area contributed by atoms with Crippen molar-refractivity contribution in [3.8, 4) is 11.1 Å². The molecule has 6 heteroatoms. The van der Waals surface area contributed by atoms with Gasteiger partial charge in [-0.05, 0) is 67.6 Å². The number of halogens is 1. The van der Waals surface area contributed by atoms with Gasteiger partial charge in [-0.3, -0.25) is 14.6 Å². The molecule has 1 saturated heterocycles. The normalized spacial score (nSPS) is 17.9. The lowest BCUT2D eigenvalue weighted by Gasteiger charge is -2.29. The zero-order valence-electron chi connectivity index (χ0n) is 18.9. The molecule has 1 aliphatic rings. The van der Waals surface area contributed by atoms with E-state index in [0.29, 0.717) is 31.5 Å². The molecule has 0 unspecified atom stereocenters. The summed E-state index contributed by atoms with van der Waals surface area (Å²) in [5.74, 6) is -0.393. The molecule has 170 valence electrons. The van der Waals surface area contributed by atoms with Gasteiger partial charge in [-0.1, -0.05) is 36.4 Å². The third-order valence-electron chi connectivity index (χ3n) is 6.12. The van der Waals surface area contributed by atoms with Crippen LogP contribution in [-0.4, -0.2) is 40.8 Å². The second-order valence-corrected chi connectivity index (χ2v) is 9.01. The zero-order valence-corrected chi connectivity index (χ0v) is 18.9. The van der Waals surface area contributed by atoms with Crippen molar-refractivity contribution in [2.75, 3.05) is 13.1 Å². The number of benzene rings is 2. The molecule has 1 aromatic heterocycles. The SMILES string of the molecule is CC(C)NC(=O)[C@@]1(Cc2cccc(-c3ccc(F)cc3)c2)CCN(C(=O)c2ccncc2)C1. The molecule has 1 N–H and O–H groups in total. The number of carbonyl (C=O) groups excluding carboxylic acids is 2. The Morgan fingerprint density at radius 3 is 2.48 bits per heavy atom. The smallest absolute Gasteiger partial charge is 0.253 e. The van der Waals surface area contributed by atoms with Crippen LogP contribution in [0.5, 0.6) is 0 Å². The van der Waals surface area contributed by atoms with Gasteiger partial charge in [0, 0.05) is 37.1 Å². The van der Waals surface area contributed by atoms with E-state index >= 15 is 0 Å². The average Bonchev–Trinajstić information content (AvgIpc) is 3.25. The summed E-state index contributed by atoms with van der Waals surface area (Å²) in [5, 5.41) is 3.07. The summed E-state index contributed by atoms with van der Waals surface area (Å²) in [7, 11) is 0. The second kappa shape index (κ2) is 9.53. The first kappa shape index (κ1) is 22.6. The van der Waals surface area contributed by atoms with E-state index < -0.39 is 5.41 Å². The Balaban J connectivity index is 1.61. The van der Waals surface area contributed by atoms with E-state index in [1.807, 2.05) is 38.1 Å². The lowest BCUT2D eigenvalue weighted by molar-refractivity contribution is -0.130. The molecule has 4 rings (SSSR count). The van der Waals surface area contributed by atoms with Crippen LogP contribution in [0.3, 0.4) is 0 Å². The van der Waals surface area contributed by atoms with Gasteiger partial charge in [0.2, 0.25) is 5.91 Å². The van der Waals surface area contributed by atoms with E-state index in [9.17, 15) is 14.0 Å². The standard InChI is InChI=1S/C27H28FN3O2/c1-19(2)30-26(33)27(12-15-31(18-27)25(32)22-10-13-29-14-11-22)17-20-4-3-5-23(16-20)21-6-8-24(28)9-7-21/h3-11,13-14,16,19H,12,15,17-18H2,1-2H3,(H,30,33)/t27-/m1/s1. The number of likely N-dealkylation sites (tertiary alicyclic amines) is 1. The predicted molar refractivity (Wildman–Crippen MR) is 126 cm³/mol. The minimum atomic E-state index is -0.714.